The van der Waals surface area contributed by atoms with Crippen molar-refractivity contribution in [3.05, 3.63) is 55.3 Å². The van der Waals surface area contributed by atoms with Crippen LogP contribution in [0.5, 0.6) is 5.75 Å². The molecule has 1 heterocycles. The lowest BCUT2D eigenvalue weighted by molar-refractivity contribution is 0.476. The van der Waals surface area contributed by atoms with Crippen molar-refractivity contribution in [2.75, 3.05) is 0 Å². The molecule has 0 aliphatic carbocycles. The Kier molecular flexibility index (Phi) is 2.82. The van der Waals surface area contributed by atoms with Gasteiger partial charge in [-0.25, -0.2) is 0 Å². The van der Waals surface area contributed by atoms with Gasteiger partial charge in [0.25, 0.3) is 0 Å². The van der Waals surface area contributed by atoms with Gasteiger partial charge < -0.3 is 9.67 Å². The predicted molar refractivity (Wildman–Crippen MR) is 67.7 cm³/mol. The van der Waals surface area contributed by atoms with E-state index < -0.39 is 0 Å². The molecule has 0 aliphatic heterocycles. The van der Waals surface area contributed by atoms with Crippen LogP contribution in [0, 0.1) is 0 Å². The maximum Gasteiger partial charge on any atom is 0.116 e. The number of nitrogens with zero attached hydrogens (tertiary/aromatic N) is 1. The van der Waals surface area contributed by atoms with Gasteiger partial charge >= 0.3 is 0 Å². The smallest absolute Gasteiger partial charge is 0.116 e. The summed E-state index contributed by atoms with van der Waals surface area (Å²) < 4.78 is 2.13. The average molecular weight is 213 g/mol. The molecule has 0 amide bonds. The van der Waals surface area contributed by atoms with Gasteiger partial charge in [0.2, 0.25) is 0 Å². The summed E-state index contributed by atoms with van der Waals surface area (Å²) in [6, 6.07) is 5.44. The summed E-state index contributed by atoms with van der Waals surface area (Å²) in [5.41, 5.74) is 2.30. The summed E-state index contributed by atoms with van der Waals surface area (Å²) in [6.07, 6.45) is 6.64. The summed E-state index contributed by atoms with van der Waals surface area (Å²) in [6.45, 7) is 8.27. The first-order valence-corrected chi connectivity index (χ1v) is 5.28. The molecule has 0 saturated heterocycles. The van der Waals surface area contributed by atoms with E-state index in [9.17, 15) is 5.11 Å². The van der Waals surface area contributed by atoms with E-state index in [2.05, 4.69) is 23.9 Å². The van der Waals surface area contributed by atoms with Crippen molar-refractivity contribution in [1.29, 1.82) is 0 Å². The Bertz CT molecular complexity index is 537. The van der Waals surface area contributed by atoms with Crippen molar-refractivity contribution in [1.82, 2.24) is 4.57 Å². The van der Waals surface area contributed by atoms with Crippen molar-refractivity contribution in [2.45, 2.75) is 13.0 Å². The summed E-state index contributed by atoms with van der Waals surface area (Å²) in [4.78, 5) is 0. The van der Waals surface area contributed by atoms with E-state index in [0.717, 1.165) is 23.9 Å². The maximum absolute atomic E-state index is 9.51. The van der Waals surface area contributed by atoms with Crippen LogP contribution in [0.3, 0.4) is 0 Å². The second-order valence-electron chi connectivity index (χ2n) is 3.79. The number of fused-ring (bicyclic) bond motifs is 1. The molecule has 82 valence electrons. The quantitative estimate of drug-likeness (QED) is 0.775. The highest BCUT2D eigenvalue weighted by molar-refractivity contribution is 5.85. The third-order valence-corrected chi connectivity index (χ3v) is 2.64. The third kappa shape index (κ3) is 1.74. The van der Waals surface area contributed by atoms with Crippen LogP contribution in [0.25, 0.3) is 10.9 Å². The molecule has 2 heteroatoms. The zero-order valence-corrected chi connectivity index (χ0v) is 9.19. The van der Waals surface area contributed by atoms with Crippen molar-refractivity contribution < 1.29 is 5.11 Å². The summed E-state index contributed by atoms with van der Waals surface area (Å²) in [7, 11) is 0. The number of hydrogen-bond acceptors (Lipinski definition) is 1. The number of aromatic nitrogens is 1. The lowest BCUT2D eigenvalue weighted by Gasteiger charge is -2.00. The van der Waals surface area contributed by atoms with Gasteiger partial charge in [-0.05, 0) is 30.2 Å². The number of aromatic hydroxyl groups is 1. The number of benzene rings is 1. The van der Waals surface area contributed by atoms with Gasteiger partial charge in [-0.2, -0.15) is 0 Å². The molecule has 2 aromatic rings. The first-order chi connectivity index (χ1) is 7.76. The zero-order valence-electron chi connectivity index (χ0n) is 9.19. The second kappa shape index (κ2) is 4.27. The Morgan fingerprint density at radius 2 is 2.06 bits per heavy atom. The van der Waals surface area contributed by atoms with E-state index in [1.54, 1.807) is 12.1 Å². The number of allylic oxidation sites excluding steroid dienone is 2. The van der Waals surface area contributed by atoms with E-state index in [1.165, 1.54) is 5.56 Å². The Morgan fingerprint density at radius 1 is 1.25 bits per heavy atom. The normalized spacial score (nSPS) is 10.5. The monoisotopic (exact) mass is 213 g/mol. The molecule has 0 bridgehead atoms. The van der Waals surface area contributed by atoms with Gasteiger partial charge in [0.15, 0.2) is 0 Å². The molecule has 0 unspecified atom stereocenters. The SMILES string of the molecule is C=CCc1cn(CC=C)c2ccc(O)cc12. The molecule has 0 saturated carbocycles. The largest absolute Gasteiger partial charge is 0.508 e. The van der Waals surface area contributed by atoms with Crippen LogP contribution in [0.2, 0.25) is 0 Å². The fraction of sp³-hybridized carbons (Fsp3) is 0.143. The zero-order chi connectivity index (χ0) is 11.5. The Labute approximate surface area is 95.1 Å². The van der Waals surface area contributed by atoms with Gasteiger partial charge in [-0.15, -0.1) is 13.2 Å². The first kappa shape index (κ1) is 10.6. The molecule has 1 N–H and O–H groups in total. The maximum atomic E-state index is 9.51. The number of phenolic OH excluding ortho intramolecular Hbond substituents is 1. The van der Waals surface area contributed by atoms with Crippen molar-refractivity contribution in [2.24, 2.45) is 0 Å². The van der Waals surface area contributed by atoms with Crippen molar-refractivity contribution >= 4 is 10.9 Å². The van der Waals surface area contributed by atoms with E-state index in [1.807, 2.05) is 18.2 Å². The molecule has 0 atom stereocenters. The molecule has 0 radical (unpaired) electrons. The minimum atomic E-state index is 0.300. The van der Waals surface area contributed by atoms with Gasteiger partial charge in [0, 0.05) is 23.6 Å². The molecule has 0 spiro atoms. The molecule has 1 aromatic heterocycles. The minimum absolute atomic E-state index is 0.300. The second-order valence-corrected chi connectivity index (χ2v) is 3.79. The van der Waals surface area contributed by atoms with Crippen LogP contribution in [0.1, 0.15) is 5.56 Å². The van der Waals surface area contributed by atoms with Crippen molar-refractivity contribution in [3.63, 3.8) is 0 Å². The summed E-state index contributed by atoms with van der Waals surface area (Å²) in [5, 5.41) is 10.6. The number of phenols is 1. The fourth-order valence-corrected chi connectivity index (χ4v) is 1.97. The summed E-state index contributed by atoms with van der Waals surface area (Å²) in [5.74, 6) is 0.300. The Balaban J connectivity index is 2.65. The Morgan fingerprint density at radius 3 is 2.75 bits per heavy atom. The molecular weight excluding hydrogens is 198 g/mol. The lowest BCUT2D eigenvalue weighted by Crippen LogP contribution is -1.91. The molecule has 1 aromatic carbocycles. The van der Waals surface area contributed by atoms with Crippen LogP contribution >= 0.6 is 0 Å². The van der Waals surface area contributed by atoms with E-state index in [-0.39, 0.29) is 0 Å². The van der Waals surface area contributed by atoms with Crippen LogP contribution in [0.4, 0.5) is 0 Å². The lowest BCUT2D eigenvalue weighted by atomic mass is 10.1. The van der Waals surface area contributed by atoms with Crippen LogP contribution in [0.15, 0.2) is 49.7 Å². The van der Waals surface area contributed by atoms with E-state index in [4.69, 9.17) is 0 Å². The van der Waals surface area contributed by atoms with Gasteiger partial charge in [0.1, 0.15) is 5.75 Å². The van der Waals surface area contributed by atoms with Crippen LogP contribution in [-0.2, 0) is 13.0 Å². The average Bonchev–Trinajstić information content (AvgIpc) is 2.58. The van der Waals surface area contributed by atoms with E-state index in [0.29, 0.717) is 5.75 Å². The topological polar surface area (TPSA) is 25.2 Å². The fourth-order valence-electron chi connectivity index (χ4n) is 1.97. The van der Waals surface area contributed by atoms with Gasteiger partial charge in [-0.1, -0.05) is 12.2 Å². The molecule has 16 heavy (non-hydrogen) atoms. The molecule has 0 fully saturated rings. The minimum Gasteiger partial charge on any atom is -0.508 e. The summed E-state index contributed by atoms with van der Waals surface area (Å²) >= 11 is 0. The highest BCUT2D eigenvalue weighted by Gasteiger charge is 2.07. The highest BCUT2D eigenvalue weighted by atomic mass is 16.3. The number of hydrogen-bond donors (Lipinski definition) is 1. The van der Waals surface area contributed by atoms with Gasteiger partial charge in [0.05, 0.1) is 0 Å². The molecule has 2 rings (SSSR count). The van der Waals surface area contributed by atoms with Crippen molar-refractivity contribution in [3.8, 4) is 5.75 Å². The van der Waals surface area contributed by atoms with Crippen LogP contribution < -0.4 is 0 Å². The third-order valence-electron chi connectivity index (χ3n) is 2.64. The first-order valence-electron chi connectivity index (χ1n) is 5.28. The Hall–Kier alpha value is -1.96. The molecular formula is C14H15NO. The van der Waals surface area contributed by atoms with E-state index >= 15 is 0 Å². The highest BCUT2D eigenvalue weighted by Crippen LogP contribution is 2.26. The molecule has 0 aliphatic rings. The standard InChI is InChI=1S/C14H15NO/c1-3-5-11-10-15(8-4-2)14-7-6-12(16)9-13(11)14/h3-4,6-7,9-10,16H,1-2,5,8H2. The molecule has 2 nitrogen and oxygen atoms in total. The van der Waals surface area contributed by atoms with Crippen LogP contribution in [-0.4, -0.2) is 9.67 Å². The van der Waals surface area contributed by atoms with Gasteiger partial charge in [-0.3, -0.25) is 0 Å². The number of rotatable bonds is 4. The predicted octanol–water partition coefficient (Wildman–Crippen LogP) is 3.26.